The molecule has 11 heteroatoms. The van der Waals surface area contributed by atoms with Crippen LogP contribution in [-0.2, 0) is 0 Å². The molecule has 0 saturated carbocycles. The van der Waals surface area contributed by atoms with Crippen LogP contribution < -0.4 is 0 Å². The lowest BCUT2D eigenvalue weighted by molar-refractivity contribution is 1.02. The zero-order valence-corrected chi connectivity index (χ0v) is 50.0. The largest absolute Gasteiger partial charge is 0.354 e. The highest BCUT2D eigenvalue weighted by Gasteiger charge is 2.25. The molecule has 12 aromatic carbocycles. The van der Waals surface area contributed by atoms with Crippen molar-refractivity contribution in [1.82, 2.24) is 29.5 Å². The molecule has 87 heavy (non-hydrogen) atoms. The molecule has 0 fully saturated rings. The van der Waals surface area contributed by atoms with E-state index in [2.05, 4.69) is 232 Å². The van der Waals surface area contributed by atoms with Crippen LogP contribution in [0.2, 0.25) is 5.28 Å². The Morgan fingerprint density at radius 2 is 0.724 bits per heavy atom. The molecule has 0 spiro atoms. The number of hydrogen-bond donors (Lipinski definition) is 1. The molecule has 1 N–H and O–H groups in total. The van der Waals surface area contributed by atoms with Gasteiger partial charge in [0, 0.05) is 120 Å². The van der Waals surface area contributed by atoms with Crippen LogP contribution >= 0.6 is 56.9 Å². The van der Waals surface area contributed by atoms with Crippen molar-refractivity contribution in [3.05, 3.63) is 260 Å². The van der Waals surface area contributed by atoms with E-state index in [1.807, 2.05) is 65.1 Å². The second kappa shape index (κ2) is 20.1. The van der Waals surface area contributed by atoms with E-state index in [9.17, 15) is 0 Å². The van der Waals surface area contributed by atoms with Crippen molar-refractivity contribution in [2.45, 2.75) is 0 Å². The number of rotatable bonds is 3. The van der Waals surface area contributed by atoms with E-state index in [-0.39, 0.29) is 0 Å². The van der Waals surface area contributed by atoms with Gasteiger partial charge in [-0.05, 0) is 58.8 Å². The lowest BCUT2D eigenvalue weighted by Crippen LogP contribution is -2.03. The summed E-state index contributed by atoms with van der Waals surface area (Å²) in [5, 5.41) is 20.6. The lowest BCUT2D eigenvalue weighted by Gasteiger charge is -2.12. The van der Waals surface area contributed by atoms with Crippen molar-refractivity contribution in [1.29, 1.82) is 0 Å². The molecule has 0 amide bonds. The van der Waals surface area contributed by atoms with Crippen molar-refractivity contribution in [2.75, 3.05) is 0 Å². The van der Waals surface area contributed by atoms with Gasteiger partial charge in [0.05, 0.1) is 27.9 Å². The van der Waals surface area contributed by atoms with E-state index < -0.39 is 0 Å². The first-order chi connectivity index (χ1) is 43.1. The van der Waals surface area contributed by atoms with Crippen LogP contribution in [0.15, 0.2) is 255 Å². The van der Waals surface area contributed by atoms with Gasteiger partial charge in [0.15, 0.2) is 0 Å². The number of aromatic nitrogens is 6. The maximum Gasteiger partial charge on any atom is 0.236 e. The minimum atomic E-state index is 0.294. The van der Waals surface area contributed by atoms with Crippen LogP contribution in [0.25, 0.3) is 175 Å². The molecule has 0 radical (unpaired) electrons. The van der Waals surface area contributed by atoms with Gasteiger partial charge in [0.1, 0.15) is 9.66 Å². The number of H-pyrrole nitrogens is 1. The van der Waals surface area contributed by atoms with E-state index >= 15 is 0 Å². The fourth-order valence-electron chi connectivity index (χ4n) is 13.2. The summed E-state index contributed by atoms with van der Waals surface area (Å²) < 4.78 is 10.1. The Hall–Kier alpha value is -9.91. The van der Waals surface area contributed by atoms with Gasteiger partial charge in [0.2, 0.25) is 11.2 Å². The Labute approximate surface area is 517 Å². The number of thiophene rings is 4. The summed E-state index contributed by atoms with van der Waals surface area (Å²) in [6, 6.07) is 90.0. The summed E-state index contributed by atoms with van der Waals surface area (Å²) in [6.07, 6.45) is 0. The van der Waals surface area contributed by atoms with Crippen molar-refractivity contribution < 1.29 is 0 Å². The molecule has 408 valence electrons. The standard InChI is InChI=1S/C38H21N3S2.C22H13NS.C16H9ClN2S/c1-2-12-22(13-3-1)34-32-27-18-8-11-21-30(27)43-37(32)40-38(39-34)41-28-19-9-6-16-25(28)33-35(41)24-15-5-4-14-23(24)31-26-17-7-10-20-29(26)42-36(31)33;1-2-8-14-13(7-1)19-16-10-4-6-12-18(16)24-22(19)20-15-9-3-5-11-17(15)23-21(14)20;17-16-18-14(10-6-2-1-3-7-10)13-11-8-4-5-9-12(11)20-15(13)19-16/h1-21H;1-12,23H;1-9H. The number of nitrogens with one attached hydrogen (secondary N) is 1. The average Bonchev–Trinajstić information content (AvgIpc) is 1.82. The van der Waals surface area contributed by atoms with Crippen LogP contribution in [0.3, 0.4) is 0 Å². The monoisotopic (exact) mass is 1200 g/mol. The van der Waals surface area contributed by atoms with Crippen LogP contribution in [0.5, 0.6) is 0 Å². The highest BCUT2D eigenvalue weighted by atomic mass is 35.5. The third-order valence-corrected chi connectivity index (χ3v) is 21.6. The Balaban J connectivity index is 0.000000109. The molecule has 6 nitrogen and oxygen atoms in total. The van der Waals surface area contributed by atoms with Gasteiger partial charge in [-0.15, -0.1) is 45.3 Å². The van der Waals surface area contributed by atoms with Gasteiger partial charge >= 0.3 is 0 Å². The molecular formula is C76H43ClN6S4. The molecule has 0 unspecified atom stereocenters. The number of nitrogens with zero attached hydrogens (tertiary/aromatic N) is 5. The molecule has 20 aromatic rings. The summed E-state index contributed by atoms with van der Waals surface area (Å²) in [7, 11) is 0. The molecule has 0 aliphatic heterocycles. The quantitative estimate of drug-likeness (QED) is 0.179. The SMILES string of the molecule is Clc1nc(-c2ccccc2)c2c(n1)sc1ccccc12.c1ccc(-c2nc(-n3c4ccccc4c4c5sc6ccccc6c5c5ccccc5c43)nc3sc4ccccc4c23)cc1.c1ccc2c(c1)[nH]c1c3ccccc3c3c4ccccc4sc3c21. The van der Waals surface area contributed by atoms with Crippen molar-refractivity contribution >= 4 is 203 Å². The summed E-state index contributed by atoms with van der Waals surface area (Å²) in [5.74, 6) is 0.703. The van der Waals surface area contributed by atoms with Gasteiger partial charge in [-0.25, -0.2) is 19.9 Å². The van der Waals surface area contributed by atoms with E-state index in [4.69, 9.17) is 21.6 Å². The van der Waals surface area contributed by atoms with Crippen molar-refractivity contribution in [2.24, 2.45) is 0 Å². The highest BCUT2D eigenvalue weighted by Crippen LogP contribution is 2.50. The second-order valence-corrected chi connectivity index (χ2v) is 26.2. The first-order valence-corrected chi connectivity index (χ1v) is 32.4. The predicted molar refractivity (Wildman–Crippen MR) is 377 cm³/mol. The minimum Gasteiger partial charge on any atom is -0.354 e. The Morgan fingerprint density at radius 1 is 0.310 bits per heavy atom. The van der Waals surface area contributed by atoms with Crippen LogP contribution in [0, 0.1) is 0 Å². The Morgan fingerprint density at radius 3 is 1.31 bits per heavy atom. The first-order valence-electron chi connectivity index (χ1n) is 28.7. The van der Waals surface area contributed by atoms with Crippen LogP contribution in [-0.4, -0.2) is 29.5 Å². The van der Waals surface area contributed by atoms with Crippen molar-refractivity contribution in [3.63, 3.8) is 0 Å². The average molecular weight is 1200 g/mol. The number of benzene rings is 12. The maximum atomic E-state index is 6.09. The number of hydrogen-bond acceptors (Lipinski definition) is 8. The number of para-hydroxylation sites is 2. The smallest absolute Gasteiger partial charge is 0.236 e. The molecule has 0 aliphatic rings. The van der Waals surface area contributed by atoms with E-state index in [0.717, 1.165) is 54.0 Å². The van der Waals surface area contributed by atoms with Gasteiger partial charge < -0.3 is 4.98 Å². The molecule has 0 saturated heterocycles. The molecule has 0 bridgehead atoms. The number of aromatic amines is 1. The topological polar surface area (TPSA) is 72.3 Å². The number of halogens is 1. The van der Waals surface area contributed by atoms with E-state index in [0.29, 0.717) is 11.2 Å². The Kier molecular flexibility index (Phi) is 11.6. The summed E-state index contributed by atoms with van der Waals surface area (Å²) in [4.78, 5) is 25.2. The first kappa shape index (κ1) is 50.4. The molecule has 0 atom stereocenters. The fourth-order valence-corrected chi connectivity index (χ4v) is 18.2. The van der Waals surface area contributed by atoms with Gasteiger partial charge in [-0.3, -0.25) is 4.57 Å². The fraction of sp³-hybridized carbons (Fsp3) is 0. The zero-order chi connectivity index (χ0) is 57.3. The van der Waals surface area contributed by atoms with Gasteiger partial charge in [-0.2, -0.15) is 0 Å². The number of fused-ring (bicyclic) bond motifs is 26. The van der Waals surface area contributed by atoms with E-state index in [1.165, 1.54) is 115 Å². The Bertz CT molecular complexity index is 6170. The summed E-state index contributed by atoms with van der Waals surface area (Å²) >= 11 is 13.3. The molecule has 8 aromatic heterocycles. The zero-order valence-electron chi connectivity index (χ0n) is 46.0. The highest BCUT2D eigenvalue weighted by molar-refractivity contribution is 7.28. The molecular weight excluding hydrogens is 1160 g/mol. The molecule has 8 heterocycles. The lowest BCUT2D eigenvalue weighted by atomic mass is 10.00. The third-order valence-electron chi connectivity index (χ3n) is 16.9. The van der Waals surface area contributed by atoms with Crippen LogP contribution in [0.1, 0.15) is 0 Å². The van der Waals surface area contributed by atoms with Crippen LogP contribution in [0.4, 0.5) is 0 Å². The van der Waals surface area contributed by atoms with Gasteiger partial charge in [0.25, 0.3) is 0 Å². The molecule has 0 aliphatic carbocycles. The third kappa shape index (κ3) is 7.89. The predicted octanol–water partition coefficient (Wildman–Crippen LogP) is 23.1. The maximum absolute atomic E-state index is 6.09. The normalized spacial score (nSPS) is 12.0. The van der Waals surface area contributed by atoms with Crippen molar-refractivity contribution in [3.8, 4) is 28.5 Å². The minimum absolute atomic E-state index is 0.294. The van der Waals surface area contributed by atoms with Gasteiger partial charge in [-0.1, -0.05) is 218 Å². The summed E-state index contributed by atoms with van der Waals surface area (Å²) in [5.41, 5.74) is 8.77. The summed E-state index contributed by atoms with van der Waals surface area (Å²) in [6.45, 7) is 0. The molecule has 20 rings (SSSR count). The second-order valence-electron chi connectivity index (χ2n) is 21.7. The van der Waals surface area contributed by atoms with E-state index in [1.54, 1.807) is 22.7 Å².